The van der Waals surface area contributed by atoms with Crippen LogP contribution in [0.2, 0.25) is 0 Å². The smallest absolute Gasteiger partial charge is 0.404 e. The Morgan fingerprint density at radius 1 is 1.26 bits per heavy atom. The number of fused-ring (bicyclic) bond motifs is 1. The molecule has 38 heavy (non-hydrogen) atoms. The Labute approximate surface area is 219 Å². The van der Waals surface area contributed by atoms with Crippen molar-refractivity contribution >= 4 is 11.6 Å². The molecule has 1 amide bonds. The fourth-order valence-corrected chi connectivity index (χ4v) is 4.86. The zero-order chi connectivity index (χ0) is 26.6. The number of carboxylic acid groups (broad SMARTS) is 1. The van der Waals surface area contributed by atoms with Gasteiger partial charge < -0.3 is 20.1 Å². The molecule has 3 heterocycles. The molecule has 5 rings (SSSR count). The fraction of sp³-hybridized carbons (Fsp3) is 0.286. The van der Waals surface area contributed by atoms with Gasteiger partial charge in [0.05, 0.1) is 42.2 Å². The molecule has 2 N–H and O–H groups in total. The van der Waals surface area contributed by atoms with E-state index in [1.165, 1.54) is 6.07 Å². The van der Waals surface area contributed by atoms with Crippen LogP contribution in [0.5, 0.6) is 5.88 Å². The van der Waals surface area contributed by atoms with Gasteiger partial charge in [-0.3, -0.25) is 4.40 Å². The molecule has 194 valence electrons. The van der Waals surface area contributed by atoms with E-state index < -0.39 is 11.9 Å². The lowest BCUT2D eigenvalue weighted by atomic mass is 9.99. The molecule has 0 saturated carbocycles. The minimum atomic E-state index is -1.23. The summed E-state index contributed by atoms with van der Waals surface area (Å²) in [6, 6.07) is 13.8. The summed E-state index contributed by atoms with van der Waals surface area (Å²) in [4.78, 5) is 22.4. The van der Waals surface area contributed by atoms with Crippen LogP contribution in [0, 0.1) is 23.1 Å². The second-order valence-corrected chi connectivity index (χ2v) is 9.50. The number of halogens is 1. The van der Waals surface area contributed by atoms with Crippen molar-refractivity contribution in [3.8, 4) is 34.5 Å². The predicted molar refractivity (Wildman–Crippen MR) is 139 cm³/mol. The minimum Gasteiger partial charge on any atom is -0.476 e. The SMILES string of the molecule is CN1CCC[C@@H](COc2nc(-c3ccc(C#N)cc3)c(-c3ccc(CNC(=O)O)c(F)c3)n3cncc23)C1. The number of ether oxygens (including phenoxy) is 1. The van der Waals surface area contributed by atoms with Gasteiger partial charge in [0.15, 0.2) is 0 Å². The summed E-state index contributed by atoms with van der Waals surface area (Å²) >= 11 is 0. The molecular formula is C28H27FN6O3. The number of nitrogens with one attached hydrogen (secondary N) is 1. The number of hydrogen-bond donors (Lipinski definition) is 2. The molecule has 0 aliphatic carbocycles. The summed E-state index contributed by atoms with van der Waals surface area (Å²) in [5.41, 5.74) is 3.81. The lowest BCUT2D eigenvalue weighted by Gasteiger charge is -2.29. The molecule has 1 saturated heterocycles. The number of rotatable bonds is 7. The van der Waals surface area contributed by atoms with Crippen molar-refractivity contribution in [1.82, 2.24) is 24.6 Å². The van der Waals surface area contributed by atoms with Crippen LogP contribution < -0.4 is 10.1 Å². The maximum atomic E-state index is 15.0. The molecule has 1 aliphatic rings. The first-order valence-corrected chi connectivity index (χ1v) is 12.4. The van der Waals surface area contributed by atoms with Crippen LogP contribution in [-0.4, -0.2) is 57.2 Å². The highest BCUT2D eigenvalue weighted by Gasteiger charge is 2.22. The highest BCUT2D eigenvalue weighted by Crippen LogP contribution is 2.36. The van der Waals surface area contributed by atoms with Crippen molar-refractivity contribution in [2.24, 2.45) is 5.92 Å². The Morgan fingerprint density at radius 2 is 2.05 bits per heavy atom. The summed E-state index contributed by atoms with van der Waals surface area (Å²) in [6.07, 6.45) is 4.29. The second-order valence-electron chi connectivity index (χ2n) is 9.50. The van der Waals surface area contributed by atoms with Gasteiger partial charge in [-0.1, -0.05) is 24.3 Å². The number of nitriles is 1. The first-order valence-electron chi connectivity index (χ1n) is 12.4. The number of nitrogens with zero attached hydrogens (tertiary/aromatic N) is 5. The molecule has 9 nitrogen and oxygen atoms in total. The highest BCUT2D eigenvalue weighted by molar-refractivity contribution is 5.82. The Hall–Kier alpha value is -4.49. The van der Waals surface area contributed by atoms with E-state index in [1.807, 2.05) is 4.40 Å². The number of hydrogen-bond acceptors (Lipinski definition) is 6. The van der Waals surface area contributed by atoms with Gasteiger partial charge in [0.2, 0.25) is 5.88 Å². The largest absolute Gasteiger partial charge is 0.476 e. The number of piperidine rings is 1. The number of imidazole rings is 1. The molecule has 0 radical (unpaired) electrons. The zero-order valence-corrected chi connectivity index (χ0v) is 20.9. The third-order valence-corrected chi connectivity index (χ3v) is 6.76. The fourth-order valence-electron chi connectivity index (χ4n) is 4.86. The van der Waals surface area contributed by atoms with Crippen LogP contribution in [0.4, 0.5) is 9.18 Å². The Kier molecular flexibility index (Phi) is 7.20. The van der Waals surface area contributed by atoms with E-state index in [4.69, 9.17) is 14.8 Å². The Balaban J connectivity index is 1.59. The molecule has 2 aromatic heterocycles. The maximum Gasteiger partial charge on any atom is 0.404 e. The number of amides is 1. The second kappa shape index (κ2) is 10.9. The van der Waals surface area contributed by atoms with Gasteiger partial charge in [-0.05, 0) is 44.6 Å². The van der Waals surface area contributed by atoms with Crippen molar-refractivity contribution < 1.29 is 19.0 Å². The normalized spacial score (nSPS) is 15.8. The Morgan fingerprint density at radius 3 is 2.76 bits per heavy atom. The standard InChI is InChI=1S/C28H27FN6O3/c1-34-10-2-3-19(15-34)16-38-27-24-14-31-17-35(24)26(25(33-27)20-6-4-18(12-30)5-7-20)21-8-9-22(23(29)11-21)13-32-28(36)37/h4-9,11,14,17,19,32H,2-3,10,13,15-16H2,1H3,(H,36,37)/t19-/m1/s1. The van der Waals surface area contributed by atoms with Gasteiger partial charge in [-0.25, -0.2) is 19.2 Å². The average molecular weight is 515 g/mol. The summed E-state index contributed by atoms with van der Waals surface area (Å²) < 4.78 is 23.1. The number of likely N-dealkylation sites (tertiary alicyclic amines) is 1. The number of carbonyl (C=O) groups is 1. The van der Waals surface area contributed by atoms with Crippen LogP contribution in [0.1, 0.15) is 24.0 Å². The molecule has 0 spiro atoms. The molecule has 0 unspecified atom stereocenters. The monoisotopic (exact) mass is 514 g/mol. The highest BCUT2D eigenvalue weighted by atomic mass is 19.1. The van der Waals surface area contributed by atoms with Crippen LogP contribution in [0.3, 0.4) is 0 Å². The van der Waals surface area contributed by atoms with Crippen LogP contribution in [-0.2, 0) is 6.54 Å². The topological polar surface area (TPSA) is 116 Å². The van der Waals surface area contributed by atoms with E-state index >= 15 is 4.39 Å². The average Bonchev–Trinajstić information content (AvgIpc) is 3.41. The van der Waals surface area contributed by atoms with Crippen LogP contribution >= 0.6 is 0 Å². The van der Waals surface area contributed by atoms with Crippen molar-refractivity contribution in [2.75, 3.05) is 26.7 Å². The van der Waals surface area contributed by atoms with E-state index in [0.29, 0.717) is 46.4 Å². The van der Waals surface area contributed by atoms with Crippen molar-refractivity contribution in [3.63, 3.8) is 0 Å². The molecule has 1 fully saturated rings. The maximum absolute atomic E-state index is 15.0. The van der Waals surface area contributed by atoms with Crippen LogP contribution in [0.15, 0.2) is 55.0 Å². The van der Waals surface area contributed by atoms with Gasteiger partial charge >= 0.3 is 6.09 Å². The van der Waals surface area contributed by atoms with Gasteiger partial charge in [0.1, 0.15) is 11.3 Å². The predicted octanol–water partition coefficient (Wildman–Crippen LogP) is 4.56. The molecule has 1 atom stereocenters. The first kappa shape index (κ1) is 25.2. The number of benzene rings is 2. The molecule has 1 aliphatic heterocycles. The number of aromatic nitrogens is 3. The first-order chi connectivity index (χ1) is 18.4. The third kappa shape index (κ3) is 5.28. The molecule has 4 aromatic rings. The zero-order valence-electron chi connectivity index (χ0n) is 20.9. The van der Waals surface area contributed by atoms with E-state index in [2.05, 4.69) is 28.3 Å². The van der Waals surface area contributed by atoms with E-state index in [0.717, 1.165) is 31.5 Å². The van der Waals surface area contributed by atoms with E-state index in [1.54, 1.807) is 48.9 Å². The molecular weight excluding hydrogens is 487 g/mol. The van der Waals surface area contributed by atoms with E-state index in [9.17, 15) is 10.1 Å². The summed E-state index contributed by atoms with van der Waals surface area (Å²) in [5.74, 6) is 0.274. The lowest BCUT2D eigenvalue weighted by Crippen LogP contribution is -2.34. The molecule has 0 bridgehead atoms. The van der Waals surface area contributed by atoms with Gasteiger partial charge in [0.25, 0.3) is 0 Å². The quantitative estimate of drug-likeness (QED) is 0.371. The summed E-state index contributed by atoms with van der Waals surface area (Å²) in [6.45, 7) is 2.41. The lowest BCUT2D eigenvalue weighted by molar-refractivity contribution is 0.148. The van der Waals surface area contributed by atoms with Crippen molar-refractivity contribution in [1.29, 1.82) is 5.26 Å². The van der Waals surface area contributed by atoms with E-state index in [-0.39, 0.29) is 12.1 Å². The molecule has 10 heteroatoms. The summed E-state index contributed by atoms with van der Waals surface area (Å²) in [7, 11) is 2.11. The van der Waals surface area contributed by atoms with Gasteiger partial charge in [-0.15, -0.1) is 0 Å². The van der Waals surface area contributed by atoms with Crippen molar-refractivity contribution in [3.05, 3.63) is 71.9 Å². The molecule has 2 aromatic carbocycles. The van der Waals surface area contributed by atoms with Gasteiger partial charge in [-0.2, -0.15) is 5.26 Å². The van der Waals surface area contributed by atoms with Crippen molar-refractivity contribution in [2.45, 2.75) is 19.4 Å². The summed E-state index contributed by atoms with van der Waals surface area (Å²) in [5, 5.41) is 20.3. The van der Waals surface area contributed by atoms with Crippen LogP contribution in [0.25, 0.3) is 28.0 Å². The van der Waals surface area contributed by atoms with Gasteiger partial charge in [0, 0.05) is 35.7 Å². The minimum absolute atomic E-state index is 0.147. The third-order valence-electron chi connectivity index (χ3n) is 6.76. The Bertz CT molecular complexity index is 1510.